The molecular weight excluding hydrogens is 253 g/mol. The van der Waals surface area contributed by atoms with Crippen molar-refractivity contribution in [3.63, 3.8) is 0 Å². The number of allylic oxidation sites excluding steroid dienone is 1. The smallest absolute Gasteiger partial charge is 0.141 e. The predicted octanol–water partition coefficient (Wildman–Crippen LogP) is 3.82. The lowest BCUT2D eigenvalue weighted by Crippen LogP contribution is -2.25. The zero-order valence-electron chi connectivity index (χ0n) is 10.4. The van der Waals surface area contributed by atoms with Crippen LogP contribution in [0.5, 0.6) is 0 Å². The van der Waals surface area contributed by atoms with Crippen molar-refractivity contribution in [3.8, 4) is 0 Å². The van der Waals surface area contributed by atoms with Crippen molar-refractivity contribution in [2.45, 2.75) is 25.8 Å². The molecule has 98 valence electrons. The summed E-state index contributed by atoms with van der Waals surface area (Å²) < 4.78 is 18.9. The molecule has 1 aromatic rings. The summed E-state index contributed by atoms with van der Waals surface area (Å²) >= 11 is 5.83. The molecule has 0 amide bonds. The van der Waals surface area contributed by atoms with Crippen molar-refractivity contribution in [1.82, 2.24) is 5.32 Å². The fourth-order valence-corrected chi connectivity index (χ4v) is 2.25. The molecule has 0 aromatic heterocycles. The molecule has 1 unspecified atom stereocenters. The highest BCUT2D eigenvalue weighted by Crippen LogP contribution is 2.28. The van der Waals surface area contributed by atoms with Crippen molar-refractivity contribution in [2.75, 3.05) is 13.2 Å². The molecule has 1 aromatic carbocycles. The third kappa shape index (κ3) is 3.03. The number of hydrogen-bond donors (Lipinski definition) is 1. The van der Waals surface area contributed by atoms with E-state index in [1.54, 1.807) is 12.1 Å². The summed E-state index contributed by atoms with van der Waals surface area (Å²) in [6, 6.07) is 4.75. The number of likely N-dealkylation sites (N-methyl/N-ethyl adjacent to an activating group) is 1. The van der Waals surface area contributed by atoms with Gasteiger partial charge in [0, 0.05) is 0 Å². The van der Waals surface area contributed by atoms with Crippen LogP contribution in [-0.2, 0) is 4.74 Å². The van der Waals surface area contributed by atoms with E-state index in [0.717, 1.165) is 37.3 Å². The first-order chi connectivity index (χ1) is 8.72. The summed E-state index contributed by atoms with van der Waals surface area (Å²) in [5.74, 6) is 0.514. The Kier molecular flexibility index (Phi) is 4.61. The minimum Gasteiger partial charge on any atom is -0.496 e. The van der Waals surface area contributed by atoms with Gasteiger partial charge in [0.05, 0.1) is 17.7 Å². The van der Waals surface area contributed by atoms with E-state index in [2.05, 4.69) is 11.4 Å². The van der Waals surface area contributed by atoms with Gasteiger partial charge in [0.1, 0.15) is 11.6 Å². The second-order valence-electron chi connectivity index (χ2n) is 4.26. The van der Waals surface area contributed by atoms with Gasteiger partial charge in [-0.3, -0.25) is 0 Å². The number of hydrogen-bond acceptors (Lipinski definition) is 2. The maximum atomic E-state index is 13.2. The van der Waals surface area contributed by atoms with E-state index < -0.39 is 5.82 Å². The standard InChI is InChI=1S/C14H17ClFNO/c1-2-17-14(13-5-3-4-8-18-13)10-6-7-12(16)11(15)9-10/h5-7,9,14,17H,2-4,8H2,1H3. The van der Waals surface area contributed by atoms with Crippen molar-refractivity contribution < 1.29 is 9.13 Å². The predicted molar refractivity (Wildman–Crippen MR) is 71.1 cm³/mol. The van der Waals surface area contributed by atoms with Gasteiger partial charge in [0.2, 0.25) is 0 Å². The highest BCUT2D eigenvalue weighted by atomic mass is 35.5. The number of halogens is 2. The van der Waals surface area contributed by atoms with Crippen LogP contribution in [0.25, 0.3) is 0 Å². The second-order valence-corrected chi connectivity index (χ2v) is 4.67. The maximum absolute atomic E-state index is 13.2. The minimum atomic E-state index is -0.394. The first kappa shape index (κ1) is 13.4. The van der Waals surface area contributed by atoms with E-state index in [1.807, 2.05) is 6.92 Å². The fraction of sp³-hybridized carbons (Fsp3) is 0.429. The Morgan fingerprint density at radius 2 is 2.33 bits per heavy atom. The minimum absolute atomic E-state index is 0.0478. The average Bonchev–Trinajstić information content (AvgIpc) is 2.40. The highest BCUT2D eigenvalue weighted by molar-refractivity contribution is 6.30. The molecule has 0 bridgehead atoms. The van der Waals surface area contributed by atoms with E-state index in [-0.39, 0.29) is 11.1 Å². The third-order valence-electron chi connectivity index (χ3n) is 2.93. The normalized spacial score (nSPS) is 16.9. The van der Waals surface area contributed by atoms with Crippen molar-refractivity contribution in [1.29, 1.82) is 0 Å². The molecule has 2 rings (SSSR count). The maximum Gasteiger partial charge on any atom is 0.141 e. The largest absolute Gasteiger partial charge is 0.496 e. The Bertz CT molecular complexity index is 447. The van der Waals surface area contributed by atoms with Gasteiger partial charge in [-0.1, -0.05) is 24.6 Å². The molecule has 1 aliphatic heterocycles. The highest BCUT2D eigenvalue weighted by Gasteiger charge is 2.19. The summed E-state index contributed by atoms with van der Waals surface area (Å²) in [7, 11) is 0. The zero-order chi connectivity index (χ0) is 13.0. The Hall–Kier alpha value is -1.06. The van der Waals surface area contributed by atoms with Gasteiger partial charge >= 0.3 is 0 Å². The van der Waals surface area contributed by atoms with Gasteiger partial charge < -0.3 is 10.1 Å². The Balaban J connectivity index is 2.28. The van der Waals surface area contributed by atoms with Crippen molar-refractivity contribution in [3.05, 3.63) is 46.4 Å². The van der Waals surface area contributed by atoms with Gasteiger partial charge in [-0.25, -0.2) is 4.39 Å². The molecule has 4 heteroatoms. The molecule has 0 fully saturated rings. The van der Waals surface area contributed by atoms with Crippen LogP contribution >= 0.6 is 11.6 Å². The lowest BCUT2D eigenvalue weighted by atomic mass is 10.0. The van der Waals surface area contributed by atoms with Crippen LogP contribution < -0.4 is 5.32 Å². The summed E-state index contributed by atoms with van der Waals surface area (Å²) in [6.07, 6.45) is 4.16. The lowest BCUT2D eigenvalue weighted by Gasteiger charge is -2.25. The zero-order valence-corrected chi connectivity index (χ0v) is 11.1. The Morgan fingerprint density at radius 1 is 1.50 bits per heavy atom. The number of benzene rings is 1. The molecule has 0 radical (unpaired) electrons. The van der Waals surface area contributed by atoms with Crippen LogP contribution in [0.1, 0.15) is 31.4 Å². The van der Waals surface area contributed by atoms with Gasteiger partial charge in [-0.2, -0.15) is 0 Å². The van der Waals surface area contributed by atoms with Gasteiger partial charge in [-0.05, 0) is 43.2 Å². The molecule has 1 N–H and O–H groups in total. The molecule has 0 saturated heterocycles. The summed E-state index contributed by atoms with van der Waals surface area (Å²) in [4.78, 5) is 0. The van der Waals surface area contributed by atoms with E-state index in [1.165, 1.54) is 6.07 Å². The SMILES string of the molecule is CCNC(C1=CCCCO1)c1ccc(F)c(Cl)c1. The first-order valence-corrected chi connectivity index (χ1v) is 6.61. The monoisotopic (exact) mass is 269 g/mol. The molecule has 2 nitrogen and oxygen atoms in total. The Labute approximate surface area is 112 Å². The van der Waals surface area contributed by atoms with Crippen molar-refractivity contribution >= 4 is 11.6 Å². The summed E-state index contributed by atoms with van der Waals surface area (Å²) in [6.45, 7) is 3.57. The topological polar surface area (TPSA) is 21.3 Å². The van der Waals surface area contributed by atoms with E-state index in [9.17, 15) is 4.39 Å². The fourth-order valence-electron chi connectivity index (χ4n) is 2.06. The van der Waals surface area contributed by atoms with Crippen LogP contribution in [0.3, 0.4) is 0 Å². The van der Waals surface area contributed by atoms with Crippen LogP contribution in [0, 0.1) is 5.82 Å². The second kappa shape index (κ2) is 6.21. The summed E-state index contributed by atoms with van der Waals surface area (Å²) in [5, 5.41) is 3.49. The molecular formula is C14H17ClFNO. The molecule has 1 atom stereocenters. The van der Waals surface area contributed by atoms with E-state index in [0.29, 0.717) is 0 Å². The number of ether oxygens (including phenoxy) is 1. The van der Waals surface area contributed by atoms with E-state index >= 15 is 0 Å². The Morgan fingerprint density at radius 3 is 2.94 bits per heavy atom. The van der Waals surface area contributed by atoms with E-state index in [4.69, 9.17) is 16.3 Å². The number of nitrogens with one attached hydrogen (secondary N) is 1. The lowest BCUT2D eigenvalue weighted by molar-refractivity contribution is 0.168. The first-order valence-electron chi connectivity index (χ1n) is 6.23. The molecule has 18 heavy (non-hydrogen) atoms. The molecule has 1 heterocycles. The molecule has 0 saturated carbocycles. The van der Waals surface area contributed by atoms with Gasteiger partial charge in [0.25, 0.3) is 0 Å². The van der Waals surface area contributed by atoms with Crippen LogP contribution in [0.4, 0.5) is 4.39 Å². The molecule has 0 aliphatic carbocycles. The summed E-state index contributed by atoms with van der Waals surface area (Å²) in [5.41, 5.74) is 0.927. The average molecular weight is 270 g/mol. The third-order valence-corrected chi connectivity index (χ3v) is 3.22. The molecule has 0 spiro atoms. The van der Waals surface area contributed by atoms with Crippen LogP contribution in [0.2, 0.25) is 5.02 Å². The van der Waals surface area contributed by atoms with Gasteiger partial charge in [-0.15, -0.1) is 0 Å². The van der Waals surface area contributed by atoms with Gasteiger partial charge in [0.15, 0.2) is 0 Å². The quantitative estimate of drug-likeness (QED) is 0.897. The van der Waals surface area contributed by atoms with Crippen LogP contribution in [-0.4, -0.2) is 13.2 Å². The molecule has 1 aliphatic rings. The number of rotatable bonds is 4. The van der Waals surface area contributed by atoms with Crippen LogP contribution in [0.15, 0.2) is 30.0 Å². The van der Waals surface area contributed by atoms with Crippen molar-refractivity contribution in [2.24, 2.45) is 0 Å².